The second-order valence-corrected chi connectivity index (χ2v) is 12.9. The number of fused-ring (bicyclic) bond motifs is 1. The van der Waals surface area contributed by atoms with Crippen LogP contribution in [0, 0.1) is 5.92 Å². The van der Waals surface area contributed by atoms with Crippen LogP contribution < -0.4 is 0 Å². The van der Waals surface area contributed by atoms with Gasteiger partial charge in [0.05, 0.1) is 29.1 Å². The number of pyridine rings is 1. The predicted octanol–water partition coefficient (Wildman–Crippen LogP) is 5.36. The Bertz CT molecular complexity index is 1310. The summed E-state index contributed by atoms with van der Waals surface area (Å²) in [7, 11) is -3.80. The number of benzene rings is 1. The quantitative estimate of drug-likeness (QED) is 0.472. The van der Waals surface area contributed by atoms with E-state index >= 15 is 0 Å². The van der Waals surface area contributed by atoms with Gasteiger partial charge in [0, 0.05) is 23.7 Å². The lowest BCUT2D eigenvalue weighted by molar-refractivity contribution is -0.150. The molecule has 1 aliphatic heterocycles. The molecule has 2 fully saturated rings. The van der Waals surface area contributed by atoms with Crippen molar-refractivity contribution >= 4 is 20.9 Å². The Kier molecular flexibility index (Phi) is 6.26. The highest BCUT2D eigenvalue weighted by molar-refractivity contribution is 7.91. The minimum Gasteiger partial charge on any atom is -0.344 e. The molecule has 1 aliphatic carbocycles. The third kappa shape index (κ3) is 4.63. The number of rotatable bonds is 5. The van der Waals surface area contributed by atoms with Gasteiger partial charge in [0.15, 0.2) is 10.8 Å². The van der Waals surface area contributed by atoms with Crippen LogP contribution in [0.5, 0.6) is 0 Å². The zero-order valence-corrected chi connectivity index (χ0v) is 21.9. The molecule has 1 aromatic carbocycles. The average molecular weight is 498 g/mol. The molecule has 7 nitrogen and oxygen atoms in total. The molecule has 3 heterocycles. The van der Waals surface area contributed by atoms with E-state index in [0.717, 1.165) is 17.9 Å². The molecule has 1 saturated carbocycles. The van der Waals surface area contributed by atoms with Crippen molar-refractivity contribution in [3.05, 3.63) is 47.9 Å². The predicted molar refractivity (Wildman–Crippen MR) is 134 cm³/mol. The lowest BCUT2D eigenvalue weighted by Gasteiger charge is -2.26. The van der Waals surface area contributed by atoms with Crippen LogP contribution >= 0.6 is 0 Å². The van der Waals surface area contributed by atoms with Gasteiger partial charge in [0.25, 0.3) is 0 Å². The monoisotopic (exact) mass is 497 g/mol. The van der Waals surface area contributed by atoms with Gasteiger partial charge in [0.1, 0.15) is 5.82 Å². The van der Waals surface area contributed by atoms with E-state index in [0.29, 0.717) is 30.2 Å². The maximum absolute atomic E-state index is 13.4. The number of imidazole rings is 1. The molecule has 2 aliphatic rings. The zero-order valence-electron chi connectivity index (χ0n) is 21.1. The molecule has 8 heteroatoms. The second kappa shape index (κ2) is 8.98. The number of aromatic nitrogens is 3. The lowest BCUT2D eigenvalue weighted by Crippen LogP contribution is -2.22. The maximum atomic E-state index is 13.4. The van der Waals surface area contributed by atoms with E-state index in [9.17, 15) is 8.42 Å². The zero-order chi connectivity index (χ0) is 24.8. The first-order valence-corrected chi connectivity index (χ1v) is 14.1. The molecule has 5 rings (SSSR count). The first kappa shape index (κ1) is 24.4. The second-order valence-electron chi connectivity index (χ2n) is 11.0. The average Bonchev–Trinajstić information content (AvgIpc) is 3.44. The molecule has 188 valence electrons. The summed E-state index contributed by atoms with van der Waals surface area (Å²) in [4.78, 5) is 9.40. The molecule has 0 unspecified atom stereocenters. The van der Waals surface area contributed by atoms with E-state index in [1.165, 1.54) is 44.4 Å². The van der Waals surface area contributed by atoms with Gasteiger partial charge in [-0.15, -0.1) is 0 Å². The van der Waals surface area contributed by atoms with E-state index in [2.05, 4.69) is 30.3 Å². The first-order chi connectivity index (χ1) is 16.6. The Hall–Kier alpha value is -2.29. The van der Waals surface area contributed by atoms with Gasteiger partial charge < -0.3 is 14.0 Å². The van der Waals surface area contributed by atoms with Gasteiger partial charge in [0.2, 0.25) is 9.84 Å². The van der Waals surface area contributed by atoms with Crippen molar-refractivity contribution in [2.45, 2.75) is 87.5 Å². The van der Waals surface area contributed by atoms with Crippen molar-refractivity contribution in [3.63, 3.8) is 0 Å². The summed E-state index contributed by atoms with van der Waals surface area (Å²) in [5.41, 5.74) is 2.25. The fraction of sp³-hybridized carbons (Fsp3) is 0.556. The van der Waals surface area contributed by atoms with Gasteiger partial charge >= 0.3 is 0 Å². The number of ether oxygens (including phenoxy) is 2. The molecular weight excluding hydrogens is 462 g/mol. The molecule has 0 spiro atoms. The van der Waals surface area contributed by atoms with Crippen LogP contribution in [0.2, 0.25) is 0 Å². The Morgan fingerprint density at radius 1 is 1.06 bits per heavy atom. The van der Waals surface area contributed by atoms with Crippen LogP contribution in [0.1, 0.15) is 71.2 Å². The van der Waals surface area contributed by atoms with Crippen molar-refractivity contribution in [1.29, 1.82) is 0 Å². The number of sulfone groups is 1. The van der Waals surface area contributed by atoms with Gasteiger partial charge in [-0.25, -0.2) is 18.4 Å². The maximum Gasteiger partial charge on any atom is 0.223 e. The summed E-state index contributed by atoms with van der Waals surface area (Å²) in [5, 5.41) is -0.000111. The summed E-state index contributed by atoms with van der Waals surface area (Å²) < 4.78 is 40.5. The lowest BCUT2D eigenvalue weighted by atomic mass is 9.88. The van der Waals surface area contributed by atoms with Crippen molar-refractivity contribution in [3.8, 4) is 0 Å². The van der Waals surface area contributed by atoms with E-state index in [1.807, 2.05) is 13.0 Å². The highest BCUT2D eigenvalue weighted by Gasteiger charge is 2.34. The topological polar surface area (TPSA) is 83.3 Å². The van der Waals surface area contributed by atoms with E-state index in [1.54, 1.807) is 18.2 Å². The molecule has 0 bridgehead atoms. The van der Waals surface area contributed by atoms with Crippen LogP contribution in [0.25, 0.3) is 11.0 Å². The molecule has 3 aromatic rings. The third-order valence-electron chi connectivity index (χ3n) is 7.24. The Labute approximate surface area is 207 Å². The summed E-state index contributed by atoms with van der Waals surface area (Å²) in [6, 6.07) is 8.51. The Balaban J connectivity index is 1.50. The van der Waals surface area contributed by atoms with Crippen molar-refractivity contribution < 1.29 is 17.9 Å². The SMILES string of the molecule is CC(C)(C)c1nc2cc(S(=O)(=O)c3ccc(C4(C)OCCO4)cn3)ccc2n1CC1CCCCC1. The standard InChI is InChI=1S/C27H35N3O4S/c1-26(2,3)25-29-22-16-21(11-12-23(22)30(25)18-19-8-6-5-7-9-19)35(31,32)24-13-10-20(17-28-24)27(4)33-14-15-34-27/h10-13,16-17,19H,5-9,14-15,18H2,1-4H3. The van der Waals surface area contributed by atoms with E-state index in [4.69, 9.17) is 14.5 Å². The summed E-state index contributed by atoms with van der Waals surface area (Å²) in [6.07, 6.45) is 7.90. The molecule has 35 heavy (non-hydrogen) atoms. The number of hydrogen-bond donors (Lipinski definition) is 0. The normalized spacial score (nSPS) is 19.4. The minimum atomic E-state index is -3.80. The molecule has 0 amide bonds. The van der Waals surface area contributed by atoms with E-state index < -0.39 is 15.6 Å². The highest BCUT2D eigenvalue weighted by atomic mass is 32.2. The number of hydrogen-bond acceptors (Lipinski definition) is 6. The highest BCUT2D eigenvalue weighted by Crippen LogP contribution is 2.34. The van der Waals surface area contributed by atoms with Crippen molar-refractivity contribution in [2.24, 2.45) is 5.92 Å². The van der Waals surface area contributed by atoms with Gasteiger partial charge in [-0.3, -0.25) is 0 Å². The molecular formula is C27H35N3O4S. The molecule has 1 saturated heterocycles. The van der Waals surface area contributed by atoms with Crippen LogP contribution in [0.15, 0.2) is 46.5 Å². The van der Waals surface area contributed by atoms with Gasteiger partial charge in [-0.1, -0.05) is 40.0 Å². The van der Waals surface area contributed by atoms with Crippen LogP contribution in [0.3, 0.4) is 0 Å². The molecule has 0 atom stereocenters. The number of nitrogens with zero attached hydrogens (tertiary/aromatic N) is 3. The van der Waals surface area contributed by atoms with Crippen LogP contribution in [0.4, 0.5) is 0 Å². The third-order valence-corrected chi connectivity index (χ3v) is 8.91. The smallest absolute Gasteiger partial charge is 0.223 e. The summed E-state index contributed by atoms with van der Waals surface area (Å²) >= 11 is 0. The Morgan fingerprint density at radius 2 is 1.77 bits per heavy atom. The summed E-state index contributed by atoms with van der Waals surface area (Å²) in [6.45, 7) is 10.2. The summed E-state index contributed by atoms with van der Waals surface area (Å²) in [5.74, 6) is 0.755. The Morgan fingerprint density at radius 3 is 2.40 bits per heavy atom. The fourth-order valence-corrected chi connectivity index (χ4v) is 6.47. The fourth-order valence-electron chi connectivity index (χ4n) is 5.27. The minimum absolute atomic E-state index is 0.000111. The molecule has 0 radical (unpaired) electrons. The first-order valence-electron chi connectivity index (χ1n) is 12.6. The largest absolute Gasteiger partial charge is 0.344 e. The van der Waals surface area contributed by atoms with Crippen molar-refractivity contribution in [2.75, 3.05) is 13.2 Å². The van der Waals surface area contributed by atoms with Gasteiger partial charge in [-0.2, -0.15) is 0 Å². The molecule has 2 aromatic heterocycles. The van der Waals surface area contributed by atoms with Crippen LogP contribution in [-0.4, -0.2) is 36.2 Å². The van der Waals surface area contributed by atoms with Gasteiger partial charge in [-0.05, 0) is 56.0 Å². The van der Waals surface area contributed by atoms with Crippen molar-refractivity contribution in [1.82, 2.24) is 14.5 Å². The van der Waals surface area contributed by atoms with Crippen LogP contribution in [-0.2, 0) is 37.1 Å². The molecule has 0 N–H and O–H groups in total. The van der Waals surface area contributed by atoms with E-state index in [-0.39, 0.29) is 15.3 Å².